The van der Waals surface area contributed by atoms with Crippen LogP contribution in [-0.2, 0) is 11.2 Å². The van der Waals surface area contributed by atoms with Gasteiger partial charge >= 0.3 is 5.69 Å². The minimum Gasteiger partial charge on any atom is -0.342 e. The van der Waals surface area contributed by atoms with Crippen molar-refractivity contribution in [1.29, 1.82) is 0 Å². The van der Waals surface area contributed by atoms with Crippen LogP contribution in [0.25, 0.3) is 11.0 Å². The molecule has 0 radical (unpaired) electrons. The number of fused-ring (bicyclic) bond motifs is 1. The summed E-state index contributed by atoms with van der Waals surface area (Å²) in [6, 6.07) is 16.7. The molecule has 0 aliphatic rings. The van der Waals surface area contributed by atoms with E-state index in [9.17, 15) is 14.4 Å². The molecule has 29 heavy (non-hydrogen) atoms. The summed E-state index contributed by atoms with van der Waals surface area (Å²) in [5, 5.41) is 8.83. The number of amides is 1. The van der Waals surface area contributed by atoms with Gasteiger partial charge in [-0.15, -0.1) is 0 Å². The number of rotatable bonds is 6. The summed E-state index contributed by atoms with van der Waals surface area (Å²) >= 11 is 0. The third-order valence-corrected chi connectivity index (χ3v) is 4.49. The summed E-state index contributed by atoms with van der Waals surface area (Å²) in [7, 11) is 0. The van der Waals surface area contributed by atoms with E-state index >= 15 is 0 Å². The van der Waals surface area contributed by atoms with Gasteiger partial charge in [0.1, 0.15) is 17.6 Å². The summed E-state index contributed by atoms with van der Waals surface area (Å²) < 4.78 is 0. The average Bonchev–Trinajstić information content (AvgIpc) is 3.16. The fourth-order valence-electron chi connectivity index (χ4n) is 3.07. The van der Waals surface area contributed by atoms with Gasteiger partial charge in [-0.1, -0.05) is 42.5 Å². The van der Waals surface area contributed by atoms with Gasteiger partial charge in [0.25, 0.3) is 5.56 Å². The molecule has 146 valence electrons. The molecule has 4 N–H and O–H groups in total. The van der Waals surface area contributed by atoms with Crippen molar-refractivity contribution in [3.8, 4) is 0 Å². The third-order valence-electron chi connectivity index (χ3n) is 4.49. The van der Waals surface area contributed by atoms with Gasteiger partial charge in [0.2, 0.25) is 5.91 Å². The molecule has 2 aromatic heterocycles. The first kappa shape index (κ1) is 18.4. The van der Waals surface area contributed by atoms with E-state index in [0.29, 0.717) is 5.82 Å². The highest BCUT2D eigenvalue weighted by atomic mass is 16.2. The molecule has 0 saturated carbocycles. The molecule has 4 rings (SSSR count). The summed E-state index contributed by atoms with van der Waals surface area (Å²) in [4.78, 5) is 45.3. The van der Waals surface area contributed by atoms with Crippen molar-refractivity contribution in [2.45, 2.75) is 18.9 Å². The molecular weight excluding hydrogens is 372 g/mol. The Morgan fingerprint density at radius 1 is 1.00 bits per heavy atom. The van der Waals surface area contributed by atoms with Gasteiger partial charge in [0.15, 0.2) is 0 Å². The molecule has 0 bridgehead atoms. The third kappa shape index (κ3) is 4.13. The normalized spacial score (nSPS) is 12.0. The first-order valence-corrected chi connectivity index (χ1v) is 9.07. The Morgan fingerprint density at radius 3 is 2.52 bits per heavy atom. The van der Waals surface area contributed by atoms with Crippen LogP contribution >= 0.6 is 0 Å². The second-order valence-corrected chi connectivity index (χ2v) is 6.50. The number of carbonyl (C=O) groups is 1. The Morgan fingerprint density at radius 2 is 1.76 bits per heavy atom. The van der Waals surface area contributed by atoms with E-state index in [0.717, 1.165) is 16.6 Å². The minimum absolute atomic E-state index is 0.0334. The van der Waals surface area contributed by atoms with Gasteiger partial charge in [-0.05, 0) is 17.7 Å². The van der Waals surface area contributed by atoms with E-state index in [1.165, 1.54) is 0 Å². The van der Waals surface area contributed by atoms with Crippen molar-refractivity contribution in [2.24, 2.45) is 0 Å². The van der Waals surface area contributed by atoms with Crippen LogP contribution in [0.3, 0.4) is 0 Å². The van der Waals surface area contributed by atoms with E-state index in [1.807, 2.05) is 54.6 Å². The van der Waals surface area contributed by atoms with Crippen molar-refractivity contribution >= 4 is 16.9 Å². The summed E-state index contributed by atoms with van der Waals surface area (Å²) in [5.74, 6) is 0.345. The molecule has 0 spiro atoms. The number of nitrogens with one attached hydrogen (secondary N) is 4. The van der Waals surface area contributed by atoms with E-state index < -0.39 is 17.3 Å². The molecule has 1 unspecified atom stereocenters. The molecule has 2 heterocycles. The minimum atomic E-state index is -0.683. The lowest BCUT2D eigenvalue weighted by molar-refractivity contribution is -0.121. The maximum absolute atomic E-state index is 12.6. The lowest BCUT2D eigenvalue weighted by Gasteiger charge is -2.17. The van der Waals surface area contributed by atoms with Crippen molar-refractivity contribution in [1.82, 2.24) is 30.5 Å². The number of nitrogens with zero attached hydrogens (tertiary/aromatic N) is 2. The van der Waals surface area contributed by atoms with Crippen LogP contribution in [0.1, 0.15) is 29.5 Å². The quantitative estimate of drug-likeness (QED) is 0.392. The lowest BCUT2D eigenvalue weighted by atomic mass is 10.1. The zero-order chi connectivity index (χ0) is 20.2. The number of H-pyrrole nitrogens is 3. The lowest BCUT2D eigenvalue weighted by Crippen LogP contribution is -2.32. The number of hydrogen-bond acceptors (Lipinski definition) is 5. The molecule has 9 nitrogen and oxygen atoms in total. The Kier molecular flexibility index (Phi) is 5.02. The maximum Gasteiger partial charge on any atom is 0.342 e. The second kappa shape index (κ2) is 7.93. The van der Waals surface area contributed by atoms with Crippen LogP contribution < -0.4 is 16.6 Å². The molecule has 9 heteroatoms. The number of aromatic amines is 3. The zero-order valence-electron chi connectivity index (χ0n) is 15.3. The van der Waals surface area contributed by atoms with Crippen LogP contribution in [0, 0.1) is 0 Å². The smallest absolute Gasteiger partial charge is 0.342 e. The van der Waals surface area contributed by atoms with Crippen LogP contribution in [0.15, 0.2) is 64.2 Å². The number of carbonyl (C=O) groups excluding carboxylic acids is 1. The van der Waals surface area contributed by atoms with E-state index in [2.05, 4.69) is 30.5 Å². The topological polar surface area (TPSA) is 136 Å². The van der Waals surface area contributed by atoms with Crippen molar-refractivity contribution < 1.29 is 4.79 Å². The van der Waals surface area contributed by atoms with E-state index in [-0.39, 0.29) is 24.4 Å². The van der Waals surface area contributed by atoms with Gasteiger partial charge in [-0.3, -0.25) is 14.6 Å². The fraction of sp³-hybridized carbons (Fsp3) is 0.150. The number of aryl methyl sites for hydroxylation is 1. The van der Waals surface area contributed by atoms with Crippen LogP contribution in [-0.4, -0.2) is 31.1 Å². The maximum atomic E-state index is 12.6. The molecule has 2 aromatic carbocycles. The predicted octanol–water partition coefficient (Wildman–Crippen LogP) is 1.17. The SMILES string of the molecule is O=C(CCc1n[nH]c(=O)[nH]c1=O)NC(c1ccccc1)c1nc2ccccc2[nH]1. The molecule has 0 aliphatic heterocycles. The highest BCUT2D eigenvalue weighted by Crippen LogP contribution is 2.22. The predicted molar refractivity (Wildman–Crippen MR) is 106 cm³/mol. The van der Waals surface area contributed by atoms with Crippen molar-refractivity contribution in [3.63, 3.8) is 0 Å². The molecule has 1 amide bonds. The number of imidazole rings is 1. The van der Waals surface area contributed by atoms with Crippen LogP contribution in [0.5, 0.6) is 0 Å². The average molecular weight is 390 g/mol. The molecule has 0 saturated heterocycles. The Hall–Kier alpha value is -4.01. The number of hydrogen-bond donors (Lipinski definition) is 4. The highest BCUT2D eigenvalue weighted by molar-refractivity contribution is 5.78. The fourth-order valence-corrected chi connectivity index (χ4v) is 3.07. The number of para-hydroxylation sites is 2. The second-order valence-electron chi connectivity index (χ2n) is 6.50. The van der Waals surface area contributed by atoms with Crippen molar-refractivity contribution in [2.75, 3.05) is 0 Å². The first-order valence-electron chi connectivity index (χ1n) is 9.07. The standard InChI is InChI=1S/C20H18N6O3/c27-16(11-10-15-19(28)24-20(29)26-25-15)23-17(12-6-2-1-3-7-12)18-21-13-8-4-5-9-14(13)22-18/h1-9,17H,10-11H2,(H,21,22)(H,23,27)(H2,24,26,28,29). The molecule has 1 atom stereocenters. The summed E-state index contributed by atoms with van der Waals surface area (Å²) in [5.41, 5.74) is 1.37. The summed E-state index contributed by atoms with van der Waals surface area (Å²) in [6.45, 7) is 0. The van der Waals surface area contributed by atoms with Gasteiger partial charge in [0, 0.05) is 12.8 Å². The van der Waals surface area contributed by atoms with Crippen molar-refractivity contribution in [3.05, 3.63) is 92.5 Å². The van der Waals surface area contributed by atoms with E-state index in [1.54, 1.807) is 0 Å². The van der Waals surface area contributed by atoms with Gasteiger partial charge in [-0.25, -0.2) is 14.9 Å². The van der Waals surface area contributed by atoms with Crippen LogP contribution in [0.2, 0.25) is 0 Å². The monoisotopic (exact) mass is 390 g/mol. The zero-order valence-corrected chi connectivity index (χ0v) is 15.3. The first-order chi connectivity index (χ1) is 14.1. The van der Waals surface area contributed by atoms with Gasteiger partial charge in [0.05, 0.1) is 11.0 Å². The molecular formula is C20H18N6O3. The van der Waals surface area contributed by atoms with Crippen LogP contribution in [0.4, 0.5) is 0 Å². The Bertz CT molecular complexity index is 1230. The van der Waals surface area contributed by atoms with Gasteiger partial charge < -0.3 is 10.3 Å². The van der Waals surface area contributed by atoms with Gasteiger partial charge in [-0.2, -0.15) is 5.10 Å². The van der Waals surface area contributed by atoms with E-state index in [4.69, 9.17) is 0 Å². The summed E-state index contributed by atoms with van der Waals surface area (Å²) in [6.07, 6.45) is 0.130. The molecule has 0 fully saturated rings. The Balaban J connectivity index is 1.56. The molecule has 0 aliphatic carbocycles. The molecule has 4 aromatic rings. The number of aromatic nitrogens is 5. The highest BCUT2D eigenvalue weighted by Gasteiger charge is 2.20. The number of benzene rings is 2. The largest absolute Gasteiger partial charge is 0.342 e. The Labute approximate surface area is 164 Å².